The molecule has 2 aromatic rings. The van der Waals surface area contributed by atoms with Crippen LogP contribution in [-0.4, -0.2) is 198 Å². The van der Waals surface area contributed by atoms with Gasteiger partial charge in [-0.2, -0.15) is 11.8 Å². The van der Waals surface area contributed by atoms with Crippen LogP contribution in [0.5, 0.6) is 0 Å². The number of nitrogens with two attached hydrogens (primary N) is 7. The highest BCUT2D eigenvalue weighted by Gasteiger charge is 2.42. The largest absolute Gasteiger partial charge is 0.370 e. The van der Waals surface area contributed by atoms with Crippen LogP contribution in [0.2, 0.25) is 0 Å². The molecule has 31 nitrogen and oxygen atoms in total. The van der Waals surface area contributed by atoms with Gasteiger partial charge in [-0.15, -0.1) is 0 Å². The van der Waals surface area contributed by atoms with E-state index in [4.69, 9.17) is 40.1 Å². The first kappa shape index (κ1) is 78.5. The summed E-state index contributed by atoms with van der Waals surface area (Å²) in [6.07, 6.45) is 3.12. The molecule has 22 N–H and O–H groups in total. The van der Waals surface area contributed by atoms with Gasteiger partial charge in [0.25, 0.3) is 0 Å². The van der Waals surface area contributed by atoms with Crippen molar-refractivity contribution in [2.45, 2.75) is 183 Å². The third kappa shape index (κ3) is 27.5. The molecule has 2 aromatic carbocycles. The Labute approximate surface area is 558 Å². The summed E-state index contributed by atoms with van der Waals surface area (Å²) >= 11 is 1.45. The van der Waals surface area contributed by atoms with E-state index in [1.807, 2.05) is 20.1 Å². The number of carbonyl (C=O) groups excluding carboxylic acids is 13. The molecule has 10 atom stereocenters. The molecule has 2 aliphatic rings. The molecule has 0 unspecified atom stereocenters. The molecule has 2 saturated heterocycles. The minimum absolute atomic E-state index is 0.0736. The Morgan fingerprint density at radius 3 is 1.51 bits per heavy atom. The van der Waals surface area contributed by atoms with E-state index in [1.165, 1.54) is 21.6 Å². The Morgan fingerprint density at radius 2 is 1.01 bits per heavy atom. The van der Waals surface area contributed by atoms with Crippen molar-refractivity contribution in [3.8, 4) is 0 Å². The minimum atomic E-state index is -1.64. The van der Waals surface area contributed by atoms with E-state index in [0.717, 1.165) is 0 Å². The number of hydrogen-bond acceptors (Lipinski definition) is 17. The van der Waals surface area contributed by atoms with E-state index < -0.39 is 169 Å². The fourth-order valence-corrected chi connectivity index (χ4v) is 11.5. The normalized spacial score (nSPS) is 16.8. The number of carbonyl (C=O) groups is 13. The first-order valence-corrected chi connectivity index (χ1v) is 33.6. The number of hydrogen-bond donors (Lipinski definition) is 15. The molecule has 0 saturated carbocycles. The third-order valence-electron chi connectivity index (χ3n) is 16.0. The molecule has 2 fully saturated rings. The number of primary amides is 3. The SMILES string of the molecule is CSCC[C@H](NC(=O)[C@@H](CC(C)C)NC(=O)CNC(=O)[C@H](Cc1ccccc1)NC(=O)[C@@H](Cc1ccccc1)NC(=O)[C@H](CCC(N)=O)NC(=O)[C@H](CCC(N)=O)NC(=O)[C@H]1CCCN1C(=O)[C@@H](CCCCN)NC(=O)[C@H]1CCCN1C(=O)[C@H](N)CCCN=C(N)N)C(N)=O. The van der Waals surface area contributed by atoms with Gasteiger partial charge in [-0.25, -0.2) is 0 Å². The molecule has 32 heteroatoms. The maximum Gasteiger partial charge on any atom is 0.245 e. The van der Waals surface area contributed by atoms with Crippen molar-refractivity contribution in [1.82, 2.24) is 52.3 Å². The van der Waals surface area contributed by atoms with E-state index >= 15 is 0 Å². The quantitative estimate of drug-likeness (QED) is 0.0173. The molecule has 0 radical (unpaired) electrons. The summed E-state index contributed by atoms with van der Waals surface area (Å²) in [7, 11) is 0. The van der Waals surface area contributed by atoms with Gasteiger partial charge in [0.2, 0.25) is 76.8 Å². The molecular formula is C63H98N18O13S. The van der Waals surface area contributed by atoms with Gasteiger partial charge < -0.3 is 92.5 Å². The highest BCUT2D eigenvalue weighted by molar-refractivity contribution is 7.98. The van der Waals surface area contributed by atoms with Crippen LogP contribution < -0.4 is 82.7 Å². The first-order chi connectivity index (χ1) is 45.2. The van der Waals surface area contributed by atoms with Crippen LogP contribution in [0.3, 0.4) is 0 Å². The zero-order chi connectivity index (χ0) is 70.1. The Bertz CT molecular complexity index is 2960. The minimum Gasteiger partial charge on any atom is -0.370 e. The van der Waals surface area contributed by atoms with Gasteiger partial charge in [-0.3, -0.25) is 67.3 Å². The van der Waals surface area contributed by atoms with E-state index in [-0.39, 0.29) is 83.0 Å². The summed E-state index contributed by atoms with van der Waals surface area (Å²) < 4.78 is 0. The van der Waals surface area contributed by atoms with Gasteiger partial charge in [0.1, 0.15) is 54.4 Å². The summed E-state index contributed by atoms with van der Waals surface area (Å²) in [6, 6.07) is 4.51. The average molecular weight is 1350 g/mol. The lowest BCUT2D eigenvalue weighted by Crippen LogP contribution is -2.60. The molecule has 13 amide bonds. The maximum atomic E-state index is 14.7. The van der Waals surface area contributed by atoms with Crippen molar-refractivity contribution >= 4 is 94.5 Å². The number of benzene rings is 2. The molecular weight excluding hydrogens is 1250 g/mol. The van der Waals surface area contributed by atoms with Crippen LogP contribution in [0.15, 0.2) is 65.7 Å². The number of thioether (sulfide) groups is 1. The number of nitrogens with zero attached hydrogens (tertiary/aromatic N) is 3. The Hall–Kier alpha value is -8.91. The number of nitrogens with one attached hydrogen (secondary N) is 8. The molecule has 0 aromatic heterocycles. The lowest BCUT2D eigenvalue weighted by atomic mass is 10.0. The van der Waals surface area contributed by atoms with E-state index in [0.29, 0.717) is 55.4 Å². The van der Waals surface area contributed by atoms with E-state index in [1.54, 1.807) is 60.7 Å². The number of rotatable bonds is 42. The summed E-state index contributed by atoms with van der Waals surface area (Å²) in [6.45, 7) is 3.86. The summed E-state index contributed by atoms with van der Waals surface area (Å²) in [5, 5.41) is 21.1. The van der Waals surface area contributed by atoms with Crippen LogP contribution in [0, 0.1) is 5.92 Å². The second kappa shape index (κ2) is 41.0. The third-order valence-corrected chi connectivity index (χ3v) is 16.7. The smallest absolute Gasteiger partial charge is 0.245 e. The Balaban J connectivity index is 1.56. The fourth-order valence-electron chi connectivity index (χ4n) is 11.0. The zero-order valence-electron chi connectivity index (χ0n) is 54.5. The number of amides is 13. The van der Waals surface area contributed by atoms with Crippen molar-refractivity contribution in [3.63, 3.8) is 0 Å². The molecule has 2 aliphatic heterocycles. The molecule has 2 heterocycles. The lowest BCUT2D eigenvalue weighted by Gasteiger charge is -2.32. The monoisotopic (exact) mass is 1350 g/mol. The molecule has 0 spiro atoms. The van der Waals surface area contributed by atoms with Crippen molar-refractivity contribution in [2.75, 3.05) is 44.7 Å². The topological polar surface area (TPSA) is 519 Å². The van der Waals surface area contributed by atoms with Gasteiger partial charge in [0.15, 0.2) is 5.96 Å². The van der Waals surface area contributed by atoms with Crippen LogP contribution in [0.4, 0.5) is 0 Å². The van der Waals surface area contributed by atoms with Gasteiger partial charge in [-0.1, -0.05) is 74.5 Å². The number of likely N-dealkylation sites (tertiary alicyclic amines) is 2. The van der Waals surface area contributed by atoms with Crippen molar-refractivity contribution < 1.29 is 62.3 Å². The highest BCUT2D eigenvalue weighted by Crippen LogP contribution is 2.24. The number of aliphatic imine (C=N–C) groups is 1. The van der Waals surface area contributed by atoms with Crippen molar-refractivity contribution in [3.05, 3.63) is 71.8 Å². The van der Waals surface area contributed by atoms with Crippen LogP contribution in [-0.2, 0) is 75.2 Å². The second-order valence-electron chi connectivity index (χ2n) is 24.1. The van der Waals surface area contributed by atoms with E-state index in [9.17, 15) is 62.3 Å². The van der Waals surface area contributed by atoms with Gasteiger partial charge >= 0.3 is 0 Å². The predicted molar refractivity (Wildman–Crippen MR) is 356 cm³/mol. The van der Waals surface area contributed by atoms with Crippen LogP contribution in [0.25, 0.3) is 0 Å². The van der Waals surface area contributed by atoms with Crippen molar-refractivity contribution in [2.24, 2.45) is 51.0 Å². The van der Waals surface area contributed by atoms with Gasteiger partial charge in [0.05, 0.1) is 12.6 Å². The Morgan fingerprint density at radius 1 is 0.537 bits per heavy atom. The highest BCUT2D eigenvalue weighted by atomic mass is 32.2. The van der Waals surface area contributed by atoms with E-state index in [2.05, 4.69) is 47.5 Å². The summed E-state index contributed by atoms with van der Waals surface area (Å²) in [5.41, 5.74) is 40.6. The Kier molecular flexibility index (Phi) is 33.9. The molecule has 0 bridgehead atoms. The molecule has 524 valence electrons. The number of guanidine groups is 1. The molecule has 0 aliphatic carbocycles. The van der Waals surface area contributed by atoms with Gasteiger partial charge in [0, 0.05) is 45.3 Å². The van der Waals surface area contributed by atoms with Gasteiger partial charge in [-0.05, 0) is 119 Å². The maximum absolute atomic E-state index is 14.7. The number of unbranched alkanes of at least 4 members (excludes halogenated alkanes) is 1. The average Bonchev–Trinajstić information content (AvgIpc) is 1.74. The molecule has 4 rings (SSSR count). The van der Waals surface area contributed by atoms with Crippen LogP contribution >= 0.6 is 11.8 Å². The fraction of sp³-hybridized carbons (Fsp3) is 0.587. The zero-order valence-corrected chi connectivity index (χ0v) is 55.3. The van der Waals surface area contributed by atoms with Crippen LogP contribution in [0.1, 0.15) is 121 Å². The molecule has 95 heavy (non-hydrogen) atoms. The lowest BCUT2D eigenvalue weighted by molar-refractivity contribution is -0.144. The summed E-state index contributed by atoms with van der Waals surface area (Å²) in [4.78, 5) is 185. The second-order valence-corrected chi connectivity index (χ2v) is 25.1. The standard InChI is InChI=1S/C63H98N18O13S/c1-37(2)33-45(57(89)74-41(53(68)85)27-32-95-3)73-52(84)36-72-54(86)46(34-38-15-6-4-7-16-38)78-58(90)47(35-39-17-8-5-9-18-39)79-56(88)42(23-25-50(66)82)75-55(87)43(24-26-51(67)83)76-59(91)49-22-14-31-81(49)62(94)44(20-10-11-28-64)77-60(92)48-21-13-30-80(48)61(93)40(65)19-12-29-71-63(69)70/h4-9,15-18,37,40-49H,10-14,19-36,64-65H2,1-3H3,(H2,66,82)(H2,67,83)(H2,68,85)(H,72,86)(H,73,84)(H,74,89)(H,75,87)(H,76,91)(H,77,92)(H,78,90)(H,79,88)(H4,69,70,71)/t40-,41+,42+,43+,44-,45-,46+,47-,48-,49-/m1/s1. The first-order valence-electron chi connectivity index (χ1n) is 32.2. The predicted octanol–water partition coefficient (Wildman–Crippen LogP) is -3.71. The summed E-state index contributed by atoms with van der Waals surface area (Å²) in [5.74, 6) is -9.80. The van der Waals surface area contributed by atoms with Crippen molar-refractivity contribution in [1.29, 1.82) is 0 Å².